The molecule has 1 rings (SSSR count). The Morgan fingerprint density at radius 1 is 1.54 bits per heavy atom. The number of hydrogen-bond acceptors (Lipinski definition) is 2. The van der Waals surface area contributed by atoms with Crippen molar-refractivity contribution in [3.63, 3.8) is 0 Å². The van der Waals surface area contributed by atoms with Crippen molar-refractivity contribution in [2.75, 3.05) is 0 Å². The van der Waals surface area contributed by atoms with Gasteiger partial charge in [0.05, 0.1) is 4.83 Å². The predicted molar refractivity (Wildman–Crippen MR) is 50.8 cm³/mol. The fourth-order valence-electron chi connectivity index (χ4n) is 0.946. The smallest absolute Gasteiger partial charge is 0.176 e. The summed E-state index contributed by atoms with van der Waals surface area (Å²) in [6.45, 7) is 1.64. The van der Waals surface area contributed by atoms with E-state index in [0.29, 0.717) is 0 Å². The maximum absolute atomic E-state index is 12.7. The Morgan fingerprint density at radius 3 is 2.62 bits per heavy atom. The topological polar surface area (TPSA) is 37.3 Å². The van der Waals surface area contributed by atoms with Gasteiger partial charge in [0, 0.05) is 11.6 Å². The molecule has 0 saturated heterocycles. The lowest BCUT2D eigenvalue weighted by atomic mass is 10.1. The SMILES string of the molecule is CC(Br)C(=O)c1cc(O)cc(F)c1. The van der Waals surface area contributed by atoms with E-state index in [4.69, 9.17) is 5.11 Å². The molecule has 0 spiro atoms. The maximum Gasteiger partial charge on any atom is 0.176 e. The largest absolute Gasteiger partial charge is 0.508 e. The number of rotatable bonds is 2. The van der Waals surface area contributed by atoms with Crippen LogP contribution in [0.15, 0.2) is 18.2 Å². The fraction of sp³-hybridized carbons (Fsp3) is 0.222. The number of carbonyl (C=O) groups excluding carboxylic acids is 1. The van der Waals surface area contributed by atoms with Crippen LogP contribution in [0.25, 0.3) is 0 Å². The van der Waals surface area contributed by atoms with E-state index in [9.17, 15) is 9.18 Å². The molecule has 0 radical (unpaired) electrons. The molecule has 70 valence electrons. The maximum atomic E-state index is 12.7. The molecule has 0 amide bonds. The third-order valence-corrected chi connectivity index (χ3v) is 1.94. The van der Waals surface area contributed by atoms with Crippen LogP contribution in [0.3, 0.4) is 0 Å². The number of hydrogen-bond donors (Lipinski definition) is 1. The highest BCUT2D eigenvalue weighted by molar-refractivity contribution is 9.10. The van der Waals surface area contributed by atoms with Gasteiger partial charge >= 0.3 is 0 Å². The van der Waals surface area contributed by atoms with Gasteiger partial charge in [0.15, 0.2) is 5.78 Å². The second-order valence-corrected chi connectivity index (χ2v) is 4.05. The fourth-order valence-corrected chi connectivity index (χ4v) is 1.21. The number of phenols is 1. The standard InChI is InChI=1S/C9H8BrFO2/c1-5(10)9(13)6-2-7(11)4-8(12)3-6/h2-5,12H,1H3. The first-order valence-corrected chi connectivity index (χ1v) is 4.60. The van der Waals surface area contributed by atoms with E-state index in [2.05, 4.69) is 15.9 Å². The molecule has 1 N–H and O–H groups in total. The summed E-state index contributed by atoms with van der Waals surface area (Å²) in [5.41, 5.74) is 0.168. The normalized spacial score (nSPS) is 12.5. The Morgan fingerprint density at radius 2 is 2.15 bits per heavy atom. The van der Waals surface area contributed by atoms with Gasteiger partial charge in [-0.05, 0) is 19.1 Å². The van der Waals surface area contributed by atoms with E-state index in [1.807, 2.05) is 0 Å². The zero-order valence-electron chi connectivity index (χ0n) is 6.92. The number of aromatic hydroxyl groups is 1. The molecule has 1 atom stereocenters. The van der Waals surface area contributed by atoms with Gasteiger partial charge in [0.1, 0.15) is 11.6 Å². The molecule has 13 heavy (non-hydrogen) atoms. The van der Waals surface area contributed by atoms with Crippen LogP contribution >= 0.6 is 15.9 Å². The first-order chi connectivity index (χ1) is 6.00. The summed E-state index contributed by atoms with van der Waals surface area (Å²) in [4.78, 5) is 10.9. The van der Waals surface area contributed by atoms with Gasteiger partial charge in [0.2, 0.25) is 0 Å². The Balaban J connectivity index is 3.08. The molecule has 2 nitrogen and oxygen atoms in total. The first-order valence-electron chi connectivity index (χ1n) is 3.68. The summed E-state index contributed by atoms with van der Waals surface area (Å²) in [6.07, 6.45) is 0. The lowest BCUT2D eigenvalue weighted by Crippen LogP contribution is -2.09. The summed E-state index contributed by atoms with van der Waals surface area (Å²) in [6, 6.07) is 3.29. The van der Waals surface area contributed by atoms with Gasteiger partial charge in [-0.3, -0.25) is 4.79 Å². The van der Waals surface area contributed by atoms with Crippen LogP contribution < -0.4 is 0 Å². The zero-order valence-corrected chi connectivity index (χ0v) is 8.51. The van der Waals surface area contributed by atoms with Crippen LogP contribution in [0.1, 0.15) is 17.3 Å². The van der Waals surface area contributed by atoms with Crippen molar-refractivity contribution in [1.82, 2.24) is 0 Å². The molecule has 4 heteroatoms. The molecule has 0 aliphatic carbocycles. The van der Waals surface area contributed by atoms with Crippen molar-refractivity contribution >= 4 is 21.7 Å². The third kappa shape index (κ3) is 2.52. The summed E-state index contributed by atoms with van der Waals surface area (Å²) in [5.74, 6) is -1.11. The third-order valence-electron chi connectivity index (χ3n) is 1.53. The average Bonchev–Trinajstić information content (AvgIpc) is 2.01. The number of ketones is 1. The first kappa shape index (κ1) is 10.2. The Labute approximate surface area is 83.5 Å². The van der Waals surface area contributed by atoms with Gasteiger partial charge in [0.25, 0.3) is 0 Å². The molecule has 0 bridgehead atoms. The van der Waals surface area contributed by atoms with Gasteiger partial charge in [-0.25, -0.2) is 4.39 Å². The Bertz CT molecular complexity index is 316. The van der Waals surface area contributed by atoms with Crippen LogP contribution in [0.2, 0.25) is 0 Å². The quantitative estimate of drug-likeness (QED) is 0.643. The zero-order chi connectivity index (χ0) is 10.0. The summed E-state index contributed by atoms with van der Waals surface area (Å²) in [7, 11) is 0. The molecule has 1 aromatic rings. The van der Waals surface area contributed by atoms with E-state index in [0.717, 1.165) is 12.1 Å². The lowest BCUT2D eigenvalue weighted by molar-refractivity contribution is 0.0995. The molecule has 0 fully saturated rings. The van der Waals surface area contributed by atoms with E-state index in [1.54, 1.807) is 6.92 Å². The van der Waals surface area contributed by atoms with Crippen LogP contribution in [0.5, 0.6) is 5.75 Å². The second-order valence-electron chi connectivity index (χ2n) is 2.68. The van der Waals surface area contributed by atoms with E-state index in [-0.39, 0.29) is 21.9 Å². The van der Waals surface area contributed by atoms with E-state index >= 15 is 0 Å². The van der Waals surface area contributed by atoms with Crippen molar-refractivity contribution in [2.45, 2.75) is 11.8 Å². The van der Waals surface area contributed by atoms with Gasteiger partial charge in [-0.15, -0.1) is 0 Å². The van der Waals surface area contributed by atoms with Gasteiger partial charge in [-0.1, -0.05) is 15.9 Å². The minimum absolute atomic E-state index is 0.168. The molecule has 0 heterocycles. The molecule has 1 aromatic carbocycles. The van der Waals surface area contributed by atoms with Crippen molar-refractivity contribution < 1.29 is 14.3 Å². The van der Waals surface area contributed by atoms with Crippen molar-refractivity contribution in [3.8, 4) is 5.75 Å². The Kier molecular flexibility index (Phi) is 3.03. The van der Waals surface area contributed by atoms with Gasteiger partial charge < -0.3 is 5.11 Å². The average molecular weight is 247 g/mol. The highest BCUT2D eigenvalue weighted by Crippen LogP contribution is 2.17. The van der Waals surface area contributed by atoms with Crippen molar-refractivity contribution in [2.24, 2.45) is 0 Å². The number of halogens is 2. The highest BCUT2D eigenvalue weighted by atomic mass is 79.9. The van der Waals surface area contributed by atoms with Crippen LogP contribution in [-0.2, 0) is 0 Å². The molecule has 0 aliphatic rings. The van der Waals surface area contributed by atoms with Gasteiger partial charge in [-0.2, -0.15) is 0 Å². The number of carbonyl (C=O) groups is 1. The van der Waals surface area contributed by atoms with Crippen LogP contribution in [0, 0.1) is 5.82 Å². The minimum atomic E-state index is -0.614. The molecule has 0 aliphatic heterocycles. The Hall–Kier alpha value is -0.900. The number of alkyl halides is 1. The molecule has 0 aromatic heterocycles. The monoisotopic (exact) mass is 246 g/mol. The lowest BCUT2D eigenvalue weighted by Gasteiger charge is -2.03. The molecular weight excluding hydrogens is 239 g/mol. The number of Topliss-reactive ketones (excluding diaryl/α,β-unsaturated/α-hetero) is 1. The summed E-state index contributed by atoms with van der Waals surface area (Å²) < 4.78 is 12.7. The number of benzene rings is 1. The molecular formula is C9H8BrFO2. The summed E-state index contributed by atoms with van der Waals surface area (Å²) in [5, 5.41) is 9.02. The van der Waals surface area contributed by atoms with E-state index in [1.165, 1.54) is 6.07 Å². The molecule has 0 saturated carbocycles. The van der Waals surface area contributed by atoms with Crippen LogP contribution in [0.4, 0.5) is 4.39 Å². The number of phenolic OH excluding ortho intramolecular Hbond substituents is 1. The predicted octanol–water partition coefficient (Wildman–Crippen LogP) is 2.50. The molecule has 1 unspecified atom stereocenters. The van der Waals surface area contributed by atoms with Crippen molar-refractivity contribution in [3.05, 3.63) is 29.6 Å². The van der Waals surface area contributed by atoms with Crippen molar-refractivity contribution in [1.29, 1.82) is 0 Å². The summed E-state index contributed by atoms with van der Waals surface area (Å²) >= 11 is 3.07. The van der Waals surface area contributed by atoms with Crippen LogP contribution in [-0.4, -0.2) is 15.7 Å². The minimum Gasteiger partial charge on any atom is -0.508 e. The second kappa shape index (κ2) is 3.87. The highest BCUT2D eigenvalue weighted by Gasteiger charge is 2.13. The van der Waals surface area contributed by atoms with E-state index < -0.39 is 5.82 Å².